The smallest absolute Gasteiger partial charge is 0.0621 e. The van der Waals surface area contributed by atoms with E-state index in [1.165, 1.54) is 5.56 Å². The van der Waals surface area contributed by atoms with Crippen LogP contribution in [0, 0.1) is 5.92 Å². The molecule has 2 N–H and O–H groups in total. The lowest BCUT2D eigenvalue weighted by molar-refractivity contribution is 0.533. The van der Waals surface area contributed by atoms with E-state index in [9.17, 15) is 0 Å². The molecule has 1 unspecified atom stereocenters. The molecule has 1 aromatic carbocycles. The van der Waals surface area contributed by atoms with Gasteiger partial charge in [-0.05, 0) is 54.6 Å². The number of hydrogen-bond acceptors (Lipinski definition) is 2. The maximum atomic E-state index is 6.14. The van der Waals surface area contributed by atoms with Crippen molar-refractivity contribution < 1.29 is 0 Å². The molecule has 2 rings (SSSR count). The highest BCUT2D eigenvalue weighted by Gasteiger charge is 2.11. The summed E-state index contributed by atoms with van der Waals surface area (Å²) < 4.78 is 1.10. The second-order valence-electron chi connectivity index (χ2n) is 4.60. The summed E-state index contributed by atoms with van der Waals surface area (Å²) in [4.78, 5) is 4.00. The predicted octanol–water partition coefficient (Wildman–Crippen LogP) is 3.86. The van der Waals surface area contributed by atoms with Crippen LogP contribution in [0.2, 0.25) is 5.02 Å². The van der Waals surface area contributed by atoms with E-state index in [1.54, 1.807) is 12.4 Å². The molecule has 19 heavy (non-hydrogen) atoms. The van der Waals surface area contributed by atoms with E-state index in [2.05, 4.69) is 45.2 Å². The Balaban J connectivity index is 2.05. The Morgan fingerprint density at radius 1 is 1.16 bits per heavy atom. The van der Waals surface area contributed by atoms with Gasteiger partial charge in [0.2, 0.25) is 0 Å². The van der Waals surface area contributed by atoms with Gasteiger partial charge in [-0.25, -0.2) is 0 Å². The number of pyridine rings is 1. The molecular weight excluding hydrogens is 324 g/mol. The zero-order valence-corrected chi connectivity index (χ0v) is 12.9. The Bertz CT molecular complexity index is 528. The molecule has 0 amide bonds. The lowest BCUT2D eigenvalue weighted by Gasteiger charge is -2.15. The topological polar surface area (TPSA) is 38.9 Å². The Kier molecular flexibility index (Phi) is 5.37. The van der Waals surface area contributed by atoms with Crippen LogP contribution in [0.15, 0.2) is 47.2 Å². The average molecular weight is 340 g/mol. The minimum atomic E-state index is 0.390. The molecule has 0 saturated heterocycles. The van der Waals surface area contributed by atoms with Gasteiger partial charge >= 0.3 is 0 Å². The van der Waals surface area contributed by atoms with Crippen LogP contribution in [0.5, 0.6) is 0 Å². The fourth-order valence-electron chi connectivity index (χ4n) is 2.07. The number of halogens is 2. The van der Waals surface area contributed by atoms with Gasteiger partial charge in [0.15, 0.2) is 0 Å². The van der Waals surface area contributed by atoms with Crippen molar-refractivity contribution in [3.8, 4) is 0 Å². The maximum Gasteiger partial charge on any atom is 0.0621 e. The van der Waals surface area contributed by atoms with Gasteiger partial charge in [-0.2, -0.15) is 0 Å². The van der Waals surface area contributed by atoms with Crippen molar-refractivity contribution in [2.75, 3.05) is 6.54 Å². The summed E-state index contributed by atoms with van der Waals surface area (Å²) in [5.74, 6) is 0.390. The van der Waals surface area contributed by atoms with E-state index in [4.69, 9.17) is 17.3 Å². The fourth-order valence-corrected chi connectivity index (χ4v) is 2.53. The maximum absolute atomic E-state index is 6.14. The highest BCUT2D eigenvalue weighted by atomic mass is 79.9. The standard InChI is InChI=1S/C15H16BrClN2/c16-14-3-1-11(2-4-14)7-12(9-18)8-13-5-6-19-10-15(13)17/h1-6,10,12H,7-9,18H2. The van der Waals surface area contributed by atoms with Crippen LogP contribution in [0.1, 0.15) is 11.1 Å². The largest absolute Gasteiger partial charge is 0.330 e. The van der Waals surface area contributed by atoms with Gasteiger partial charge in [-0.3, -0.25) is 4.98 Å². The van der Waals surface area contributed by atoms with E-state index < -0.39 is 0 Å². The van der Waals surface area contributed by atoms with Crippen LogP contribution in [-0.2, 0) is 12.8 Å². The Hall–Kier alpha value is -0.900. The number of benzene rings is 1. The van der Waals surface area contributed by atoms with Crippen LogP contribution in [0.3, 0.4) is 0 Å². The summed E-state index contributed by atoms with van der Waals surface area (Å²) in [7, 11) is 0. The quantitative estimate of drug-likeness (QED) is 0.898. The number of nitrogens with zero attached hydrogens (tertiary/aromatic N) is 1. The van der Waals surface area contributed by atoms with E-state index >= 15 is 0 Å². The molecule has 4 heteroatoms. The van der Waals surface area contributed by atoms with Gasteiger partial charge in [-0.1, -0.05) is 39.7 Å². The summed E-state index contributed by atoms with van der Waals surface area (Å²) in [6.07, 6.45) is 5.30. The van der Waals surface area contributed by atoms with Gasteiger partial charge in [0.05, 0.1) is 5.02 Å². The van der Waals surface area contributed by atoms with Gasteiger partial charge in [0, 0.05) is 16.9 Å². The molecule has 100 valence electrons. The van der Waals surface area contributed by atoms with Crippen molar-refractivity contribution in [1.29, 1.82) is 0 Å². The second kappa shape index (κ2) is 7.04. The highest BCUT2D eigenvalue weighted by molar-refractivity contribution is 9.10. The molecule has 1 atom stereocenters. The zero-order chi connectivity index (χ0) is 13.7. The van der Waals surface area contributed by atoms with Gasteiger partial charge in [-0.15, -0.1) is 0 Å². The van der Waals surface area contributed by atoms with Gasteiger partial charge in [0.1, 0.15) is 0 Å². The minimum Gasteiger partial charge on any atom is -0.330 e. The number of aromatic nitrogens is 1. The first-order chi connectivity index (χ1) is 9.19. The summed E-state index contributed by atoms with van der Waals surface area (Å²) in [6, 6.07) is 10.3. The van der Waals surface area contributed by atoms with Gasteiger partial charge in [0.25, 0.3) is 0 Å². The predicted molar refractivity (Wildman–Crippen MR) is 83.3 cm³/mol. The Labute approximate surface area is 127 Å². The van der Waals surface area contributed by atoms with Crippen molar-refractivity contribution in [2.45, 2.75) is 12.8 Å². The molecule has 0 aliphatic rings. The van der Waals surface area contributed by atoms with Crippen LogP contribution in [0.25, 0.3) is 0 Å². The van der Waals surface area contributed by atoms with E-state index in [0.717, 1.165) is 27.9 Å². The van der Waals surface area contributed by atoms with Crippen molar-refractivity contribution >= 4 is 27.5 Å². The molecule has 2 aromatic rings. The number of hydrogen-bond donors (Lipinski definition) is 1. The Morgan fingerprint density at radius 3 is 2.53 bits per heavy atom. The molecule has 0 saturated carbocycles. The summed E-state index contributed by atoms with van der Waals surface area (Å²) in [6.45, 7) is 0.648. The summed E-state index contributed by atoms with van der Waals surface area (Å²) >= 11 is 9.58. The van der Waals surface area contributed by atoms with E-state index in [-0.39, 0.29) is 0 Å². The molecular formula is C15H16BrClN2. The lowest BCUT2D eigenvalue weighted by Crippen LogP contribution is -2.19. The number of rotatable bonds is 5. The third kappa shape index (κ3) is 4.30. The average Bonchev–Trinajstić information content (AvgIpc) is 2.43. The second-order valence-corrected chi connectivity index (χ2v) is 5.93. The molecule has 0 aliphatic heterocycles. The van der Waals surface area contributed by atoms with Crippen LogP contribution in [0.4, 0.5) is 0 Å². The fraction of sp³-hybridized carbons (Fsp3) is 0.267. The summed E-state index contributed by atoms with van der Waals surface area (Å²) in [5.41, 5.74) is 8.29. The number of nitrogens with two attached hydrogens (primary N) is 1. The van der Waals surface area contributed by atoms with E-state index in [1.807, 2.05) is 6.07 Å². The molecule has 0 fully saturated rings. The first-order valence-electron chi connectivity index (χ1n) is 6.22. The molecule has 0 radical (unpaired) electrons. The normalized spacial score (nSPS) is 12.4. The van der Waals surface area contributed by atoms with Crippen LogP contribution in [-0.4, -0.2) is 11.5 Å². The van der Waals surface area contributed by atoms with Crippen molar-refractivity contribution in [2.24, 2.45) is 11.7 Å². The highest BCUT2D eigenvalue weighted by Crippen LogP contribution is 2.20. The SMILES string of the molecule is NCC(Cc1ccc(Br)cc1)Cc1ccncc1Cl. The molecule has 0 aliphatic carbocycles. The van der Waals surface area contributed by atoms with Crippen molar-refractivity contribution in [3.05, 3.63) is 63.3 Å². The third-order valence-electron chi connectivity index (χ3n) is 3.14. The Morgan fingerprint density at radius 2 is 1.89 bits per heavy atom. The van der Waals surface area contributed by atoms with Crippen LogP contribution < -0.4 is 5.73 Å². The van der Waals surface area contributed by atoms with E-state index in [0.29, 0.717) is 12.5 Å². The van der Waals surface area contributed by atoms with Gasteiger partial charge < -0.3 is 5.73 Å². The summed E-state index contributed by atoms with van der Waals surface area (Å²) in [5, 5.41) is 0.719. The molecule has 2 nitrogen and oxygen atoms in total. The van der Waals surface area contributed by atoms with Crippen molar-refractivity contribution in [3.63, 3.8) is 0 Å². The van der Waals surface area contributed by atoms with Crippen LogP contribution >= 0.6 is 27.5 Å². The molecule has 1 heterocycles. The minimum absolute atomic E-state index is 0.390. The third-order valence-corrected chi connectivity index (χ3v) is 4.00. The first-order valence-corrected chi connectivity index (χ1v) is 7.39. The molecule has 0 spiro atoms. The monoisotopic (exact) mass is 338 g/mol. The molecule has 0 bridgehead atoms. The van der Waals surface area contributed by atoms with Crippen molar-refractivity contribution in [1.82, 2.24) is 4.98 Å². The zero-order valence-electron chi connectivity index (χ0n) is 10.5. The molecule has 1 aromatic heterocycles. The first kappa shape index (κ1) is 14.5. The lowest BCUT2D eigenvalue weighted by atomic mass is 9.93.